The van der Waals surface area contributed by atoms with Crippen molar-refractivity contribution in [3.05, 3.63) is 120 Å². The summed E-state index contributed by atoms with van der Waals surface area (Å²) in [6.07, 6.45) is -1.83. The van der Waals surface area contributed by atoms with Gasteiger partial charge >= 0.3 is 0 Å². The fourth-order valence-corrected chi connectivity index (χ4v) is 3.98. The number of benzene rings is 3. The van der Waals surface area contributed by atoms with Crippen molar-refractivity contribution in [2.24, 2.45) is 0 Å². The number of ether oxygens (including phenoxy) is 5. The topological polar surface area (TPSA) is 46.2 Å². The Hall–Kier alpha value is -2.80. The first kappa shape index (κ1) is 24.3. The Balaban J connectivity index is 1.45. The molecule has 1 saturated heterocycles. The maximum atomic E-state index is 6.33. The van der Waals surface area contributed by atoms with Crippen LogP contribution in [0.1, 0.15) is 16.7 Å². The van der Waals surface area contributed by atoms with Crippen LogP contribution in [0.25, 0.3) is 0 Å². The molecule has 2 unspecified atom stereocenters. The Labute approximate surface area is 201 Å². The van der Waals surface area contributed by atoms with Gasteiger partial charge in [-0.3, -0.25) is 0 Å². The predicted molar refractivity (Wildman–Crippen MR) is 131 cm³/mol. The summed E-state index contributed by atoms with van der Waals surface area (Å²) in [5.74, 6) is 0. The summed E-state index contributed by atoms with van der Waals surface area (Å²) in [4.78, 5) is 0. The zero-order valence-corrected chi connectivity index (χ0v) is 19.5. The normalized spacial score (nSPS) is 22.6. The minimum atomic E-state index is -0.599. The van der Waals surface area contributed by atoms with Gasteiger partial charge < -0.3 is 23.7 Å². The van der Waals surface area contributed by atoms with Crippen LogP contribution < -0.4 is 0 Å². The molecule has 0 aromatic heterocycles. The molecule has 4 atom stereocenters. The second kappa shape index (κ2) is 12.6. The molecule has 4 rings (SSSR count). The quantitative estimate of drug-likeness (QED) is 0.363. The highest BCUT2D eigenvalue weighted by molar-refractivity contribution is 5.19. The van der Waals surface area contributed by atoms with Gasteiger partial charge in [0.1, 0.15) is 18.3 Å². The zero-order chi connectivity index (χ0) is 23.6. The van der Waals surface area contributed by atoms with E-state index >= 15 is 0 Å². The first-order valence-electron chi connectivity index (χ1n) is 11.5. The second-order valence-corrected chi connectivity index (χ2v) is 8.29. The van der Waals surface area contributed by atoms with Gasteiger partial charge in [-0.05, 0) is 22.3 Å². The molecule has 0 amide bonds. The van der Waals surface area contributed by atoms with Crippen LogP contribution in [0.4, 0.5) is 0 Å². The van der Waals surface area contributed by atoms with Gasteiger partial charge in [0.15, 0.2) is 6.29 Å². The van der Waals surface area contributed by atoms with E-state index in [0.29, 0.717) is 26.4 Å². The van der Waals surface area contributed by atoms with Gasteiger partial charge in [0.2, 0.25) is 0 Å². The average molecular weight is 461 g/mol. The van der Waals surface area contributed by atoms with E-state index in [0.717, 1.165) is 22.3 Å². The lowest BCUT2D eigenvalue weighted by molar-refractivity contribution is -0.260. The van der Waals surface area contributed by atoms with Gasteiger partial charge in [-0.15, -0.1) is 0 Å². The minimum Gasteiger partial charge on any atom is -0.374 e. The summed E-state index contributed by atoms with van der Waals surface area (Å²) in [5.41, 5.74) is 4.04. The SMILES string of the molecule is C=C1C(OCc2ccccc2)[C@H](OC)OC(COCc2ccccc2)[C@@H]1OCc1ccccc1. The third-order valence-corrected chi connectivity index (χ3v) is 5.80. The molecule has 1 aliphatic rings. The smallest absolute Gasteiger partial charge is 0.187 e. The summed E-state index contributed by atoms with van der Waals surface area (Å²) < 4.78 is 30.5. The van der Waals surface area contributed by atoms with E-state index in [9.17, 15) is 0 Å². The first-order chi connectivity index (χ1) is 16.7. The molecule has 5 heteroatoms. The summed E-state index contributed by atoms with van der Waals surface area (Å²) >= 11 is 0. The predicted octanol–water partition coefficient (Wildman–Crippen LogP) is 5.30. The van der Waals surface area contributed by atoms with Crippen molar-refractivity contribution in [2.45, 2.75) is 44.4 Å². The highest BCUT2D eigenvalue weighted by Crippen LogP contribution is 2.31. The number of rotatable bonds is 11. The minimum absolute atomic E-state index is 0.346. The van der Waals surface area contributed by atoms with Gasteiger partial charge in [0.25, 0.3) is 0 Å². The Morgan fingerprint density at radius 3 is 1.65 bits per heavy atom. The molecule has 0 bridgehead atoms. The zero-order valence-electron chi connectivity index (χ0n) is 19.5. The highest BCUT2D eigenvalue weighted by Gasteiger charge is 2.42. The van der Waals surface area contributed by atoms with Crippen molar-refractivity contribution in [2.75, 3.05) is 13.7 Å². The van der Waals surface area contributed by atoms with Crippen molar-refractivity contribution in [3.8, 4) is 0 Å². The van der Waals surface area contributed by atoms with Crippen molar-refractivity contribution >= 4 is 0 Å². The largest absolute Gasteiger partial charge is 0.374 e. The molecule has 34 heavy (non-hydrogen) atoms. The molecule has 3 aromatic carbocycles. The molecule has 5 nitrogen and oxygen atoms in total. The lowest BCUT2D eigenvalue weighted by Crippen LogP contribution is -2.53. The Morgan fingerprint density at radius 2 is 1.15 bits per heavy atom. The van der Waals surface area contributed by atoms with Crippen molar-refractivity contribution in [3.63, 3.8) is 0 Å². The molecule has 1 fully saturated rings. The van der Waals surface area contributed by atoms with Crippen LogP contribution in [0.5, 0.6) is 0 Å². The standard InChI is InChI=1S/C29H32O5/c1-22-27(32-19-24-14-8-4-9-15-24)26(21-31-18-23-12-6-3-7-13-23)34-29(30-2)28(22)33-20-25-16-10-5-11-17-25/h3-17,26-29H,1,18-21H2,2H3/t26?,27-,28?,29-/m1/s1. The van der Waals surface area contributed by atoms with E-state index in [2.05, 4.69) is 6.58 Å². The molecule has 0 aliphatic carbocycles. The van der Waals surface area contributed by atoms with E-state index < -0.39 is 18.5 Å². The summed E-state index contributed by atoms with van der Waals surface area (Å²) in [6, 6.07) is 30.1. The molecular weight excluding hydrogens is 428 g/mol. The van der Waals surface area contributed by atoms with E-state index in [1.165, 1.54) is 0 Å². The maximum Gasteiger partial charge on any atom is 0.187 e. The fraction of sp³-hybridized carbons (Fsp3) is 0.310. The average Bonchev–Trinajstić information content (AvgIpc) is 2.89. The van der Waals surface area contributed by atoms with Crippen molar-refractivity contribution < 1.29 is 23.7 Å². The van der Waals surface area contributed by atoms with Gasteiger partial charge in [-0.2, -0.15) is 0 Å². The molecule has 0 radical (unpaired) electrons. The lowest BCUT2D eigenvalue weighted by atomic mass is 9.96. The molecule has 0 spiro atoms. The Morgan fingerprint density at radius 1 is 0.676 bits per heavy atom. The molecular formula is C29H32O5. The Bertz CT molecular complexity index is 993. The van der Waals surface area contributed by atoms with Gasteiger partial charge in [0, 0.05) is 7.11 Å². The first-order valence-corrected chi connectivity index (χ1v) is 11.5. The van der Waals surface area contributed by atoms with Crippen molar-refractivity contribution in [1.29, 1.82) is 0 Å². The fourth-order valence-electron chi connectivity index (χ4n) is 3.98. The van der Waals surface area contributed by atoms with E-state index in [1.807, 2.05) is 91.0 Å². The van der Waals surface area contributed by atoms with Crippen LogP contribution in [-0.2, 0) is 43.5 Å². The molecule has 1 heterocycles. The number of methoxy groups -OCH3 is 1. The van der Waals surface area contributed by atoms with E-state index in [-0.39, 0.29) is 6.10 Å². The summed E-state index contributed by atoms with van der Waals surface area (Å²) in [6.45, 7) is 6.05. The monoisotopic (exact) mass is 460 g/mol. The lowest BCUT2D eigenvalue weighted by Gasteiger charge is -2.42. The number of hydrogen-bond acceptors (Lipinski definition) is 5. The van der Waals surface area contributed by atoms with Crippen LogP contribution >= 0.6 is 0 Å². The highest BCUT2D eigenvalue weighted by atomic mass is 16.7. The molecule has 1 aliphatic heterocycles. The molecule has 178 valence electrons. The van der Waals surface area contributed by atoms with E-state index in [4.69, 9.17) is 23.7 Å². The van der Waals surface area contributed by atoms with Crippen LogP contribution in [0.2, 0.25) is 0 Å². The molecule has 0 saturated carbocycles. The van der Waals surface area contributed by atoms with Crippen LogP contribution in [0.15, 0.2) is 103 Å². The number of hydrogen-bond donors (Lipinski definition) is 0. The van der Waals surface area contributed by atoms with Gasteiger partial charge in [-0.1, -0.05) is 97.6 Å². The summed E-state index contributed by atoms with van der Waals surface area (Å²) in [7, 11) is 1.61. The Kier molecular flexibility index (Phi) is 9.02. The second-order valence-electron chi connectivity index (χ2n) is 8.29. The summed E-state index contributed by atoms with van der Waals surface area (Å²) in [5, 5.41) is 0. The van der Waals surface area contributed by atoms with Gasteiger partial charge in [-0.25, -0.2) is 0 Å². The van der Waals surface area contributed by atoms with E-state index in [1.54, 1.807) is 7.11 Å². The molecule has 0 N–H and O–H groups in total. The van der Waals surface area contributed by atoms with Crippen molar-refractivity contribution in [1.82, 2.24) is 0 Å². The van der Waals surface area contributed by atoms with Crippen LogP contribution in [-0.4, -0.2) is 38.3 Å². The van der Waals surface area contributed by atoms with Crippen LogP contribution in [0, 0.1) is 0 Å². The van der Waals surface area contributed by atoms with Gasteiger partial charge in [0.05, 0.1) is 26.4 Å². The van der Waals surface area contributed by atoms with Crippen LogP contribution in [0.3, 0.4) is 0 Å². The molecule has 3 aromatic rings. The maximum absolute atomic E-state index is 6.33. The third-order valence-electron chi connectivity index (χ3n) is 5.80. The third kappa shape index (κ3) is 6.63.